The minimum Gasteiger partial charge on any atom is -0.391 e. The Bertz CT molecular complexity index is 581. The number of fused-ring (bicyclic) bond motifs is 1. The number of aliphatic hydroxyl groups excluding tert-OH is 1. The molecule has 1 aromatic heterocycles. The molecule has 0 bridgehead atoms. The third-order valence-electron chi connectivity index (χ3n) is 3.00. The molecule has 2 amide bonds. The number of anilines is 1. The number of hydrogen-bond donors (Lipinski definition) is 3. The maximum absolute atomic E-state index is 11.8. The molecule has 0 radical (unpaired) electrons. The van der Waals surface area contributed by atoms with Gasteiger partial charge in [-0.25, -0.2) is 4.79 Å². The fraction of sp³-hybridized carbons (Fsp3) is 0.333. The average molecular weight is 273 g/mol. The van der Waals surface area contributed by atoms with Gasteiger partial charge in [0, 0.05) is 18.1 Å². The highest BCUT2D eigenvalue weighted by molar-refractivity contribution is 5.99. The van der Waals surface area contributed by atoms with Gasteiger partial charge in [0.1, 0.15) is 0 Å². The van der Waals surface area contributed by atoms with E-state index in [4.69, 9.17) is 0 Å². The van der Waals surface area contributed by atoms with Crippen LogP contribution in [0.15, 0.2) is 36.5 Å². The first-order valence-electron chi connectivity index (χ1n) is 6.77. The average Bonchev–Trinajstić information content (AvgIpc) is 2.46. The van der Waals surface area contributed by atoms with Crippen molar-refractivity contribution in [2.75, 3.05) is 11.9 Å². The van der Waals surface area contributed by atoms with Gasteiger partial charge in [0.05, 0.1) is 17.3 Å². The number of para-hydroxylation sites is 1. The van der Waals surface area contributed by atoms with Gasteiger partial charge in [-0.3, -0.25) is 4.98 Å². The van der Waals surface area contributed by atoms with Crippen molar-refractivity contribution in [3.05, 3.63) is 36.5 Å². The van der Waals surface area contributed by atoms with Crippen molar-refractivity contribution >= 4 is 22.6 Å². The van der Waals surface area contributed by atoms with E-state index in [1.165, 1.54) is 0 Å². The summed E-state index contributed by atoms with van der Waals surface area (Å²) in [6.07, 6.45) is 2.75. The number of benzene rings is 1. The number of urea groups is 1. The number of pyridine rings is 1. The van der Waals surface area contributed by atoms with Gasteiger partial charge in [-0.05, 0) is 18.6 Å². The Balaban J connectivity index is 1.99. The molecule has 0 aliphatic rings. The van der Waals surface area contributed by atoms with Crippen molar-refractivity contribution in [2.24, 2.45) is 0 Å². The molecule has 1 atom stereocenters. The van der Waals surface area contributed by atoms with E-state index >= 15 is 0 Å². The smallest absolute Gasteiger partial charge is 0.319 e. The molecule has 0 saturated carbocycles. The molecule has 0 spiro atoms. The molecule has 5 heteroatoms. The van der Waals surface area contributed by atoms with Crippen LogP contribution < -0.4 is 10.6 Å². The Kier molecular flexibility index (Phi) is 4.90. The monoisotopic (exact) mass is 273 g/mol. The first-order valence-corrected chi connectivity index (χ1v) is 6.77. The largest absolute Gasteiger partial charge is 0.391 e. The topological polar surface area (TPSA) is 74.2 Å². The molecule has 2 aromatic rings. The lowest BCUT2D eigenvalue weighted by Crippen LogP contribution is -2.35. The van der Waals surface area contributed by atoms with E-state index in [9.17, 15) is 9.90 Å². The maximum atomic E-state index is 11.8. The number of aliphatic hydroxyl groups is 1. The molecule has 0 aliphatic heterocycles. The Morgan fingerprint density at radius 1 is 1.35 bits per heavy atom. The Morgan fingerprint density at radius 2 is 2.15 bits per heavy atom. The zero-order chi connectivity index (χ0) is 14.4. The lowest BCUT2D eigenvalue weighted by molar-refractivity contribution is 0.162. The van der Waals surface area contributed by atoms with Crippen LogP contribution in [0, 0.1) is 0 Å². The SMILES string of the molecule is CCCC(O)CNC(=O)Nc1cccc2cccnc12. The Morgan fingerprint density at radius 3 is 2.95 bits per heavy atom. The number of nitrogens with zero attached hydrogens (tertiary/aromatic N) is 1. The van der Waals surface area contributed by atoms with Crippen molar-refractivity contribution in [2.45, 2.75) is 25.9 Å². The molecule has 1 aromatic carbocycles. The molecule has 20 heavy (non-hydrogen) atoms. The van der Waals surface area contributed by atoms with Crippen LogP contribution in [0.25, 0.3) is 10.9 Å². The van der Waals surface area contributed by atoms with E-state index in [0.717, 1.165) is 17.3 Å². The number of nitrogens with one attached hydrogen (secondary N) is 2. The van der Waals surface area contributed by atoms with Crippen LogP contribution in [-0.2, 0) is 0 Å². The molecule has 106 valence electrons. The second-order valence-electron chi connectivity index (χ2n) is 4.66. The van der Waals surface area contributed by atoms with E-state index in [0.29, 0.717) is 12.1 Å². The molecule has 1 unspecified atom stereocenters. The zero-order valence-electron chi connectivity index (χ0n) is 11.5. The van der Waals surface area contributed by atoms with Crippen molar-refractivity contribution < 1.29 is 9.90 Å². The van der Waals surface area contributed by atoms with Crippen molar-refractivity contribution in [3.8, 4) is 0 Å². The summed E-state index contributed by atoms with van der Waals surface area (Å²) in [6.45, 7) is 2.24. The van der Waals surface area contributed by atoms with Gasteiger partial charge in [0.2, 0.25) is 0 Å². The van der Waals surface area contributed by atoms with Gasteiger partial charge in [-0.1, -0.05) is 31.5 Å². The predicted molar refractivity (Wildman–Crippen MR) is 79.7 cm³/mol. The van der Waals surface area contributed by atoms with Crippen LogP contribution in [0.1, 0.15) is 19.8 Å². The summed E-state index contributed by atoms with van der Waals surface area (Å²) in [5.41, 5.74) is 1.41. The number of aromatic nitrogens is 1. The zero-order valence-corrected chi connectivity index (χ0v) is 11.5. The summed E-state index contributed by atoms with van der Waals surface area (Å²) in [6, 6.07) is 9.07. The molecule has 2 rings (SSSR count). The lowest BCUT2D eigenvalue weighted by atomic mass is 10.2. The summed E-state index contributed by atoms with van der Waals surface area (Å²) in [7, 11) is 0. The van der Waals surface area contributed by atoms with Crippen molar-refractivity contribution in [3.63, 3.8) is 0 Å². The molecule has 0 fully saturated rings. The van der Waals surface area contributed by atoms with Crippen LogP contribution in [0.2, 0.25) is 0 Å². The molecule has 0 aliphatic carbocycles. The fourth-order valence-electron chi connectivity index (χ4n) is 2.02. The van der Waals surface area contributed by atoms with Gasteiger partial charge in [-0.15, -0.1) is 0 Å². The number of hydrogen-bond acceptors (Lipinski definition) is 3. The second kappa shape index (κ2) is 6.86. The van der Waals surface area contributed by atoms with Crippen LogP contribution in [0.4, 0.5) is 10.5 Å². The quantitative estimate of drug-likeness (QED) is 0.783. The predicted octanol–water partition coefficient (Wildman–Crippen LogP) is 2.52. The van der Waals surface area contributed by atoms with E-state index in [-0.39, 0.29) is 12.6 Å². The molecular formula is C15H19N3O2. The van der Waals surface area contributed by atoms with Crippen LogP contribution >= 0.6 is 0 Å². The third kappa shape index (κ3) is 3.68. The van der Waals surface area contributed by atoms with Crippen LogP contribution in [0.3, 0.4) is 0 Å². The summed E-state index contributed by atoms with van der Waals surface area (Å²) in [5, 5.41) is 16.0. The number of amides is 2. The minimum absolute atomic E-state index is 0.248. The van der Waals surface area contributed by atoms with Crippen LogP contribution in [-0.4, -0.2) is 28.8 Å². The minimum atomic E-state index is -0.503. The van der Waals surface area contributed by atoms with E-state index in [2.05, 4.69) is 15.6 Å². The van der Waals surface area contributed by atoms with E-state index in [1.807, 2.05) is 31.2 Å². The van der Waals surface area contributed by atoms with Gasteiger partial charge < -0.3 is 15.7 Å². The highest BCUT2D eigenvalue weighted by Gasteiger charge is 2.08. The van der Waals surface area contributed by atoms with Gasteiger partial charge >= 0.3 is 6.03 Å². The number of carbonyl (C=O) groups excluding carboxylic acids is 1. The van der Waals surface area contributed by atoms with E-state index < -0.39 is 6.10 Å². The summed E-state index contributed by atoms with van der Waals surface area (Å²) in [5.74, 6) is 0. The number of carbonyl (C=O) groups is 1. The Hall–Kier alpha value is -2.14. The van der Waals surface area contributed by atoms with Gasteiger partial charge in [0.15, 0.2) is 0 Å². The summed E-state index contributed by atoms with van der Waals surface area (Å²) < 4.78 is 0. The molecule has 0 saturated heterocycles. The highest BCUT2D eigenvalue weighted by Crippen LogP contribution is 2.20. The van der Waals surface area contributed by atoms with Crippen molar-refractivity contribution in [1.29, 1.82) is 0 Å². The molecule has 5 nitrogen and oxygen atoms in total. The molecular weight excluding hydrogens is 254 g/mol. The summed E-state index contributed by atoms with van der Waals surface area (Å²) >= 11 is 0. The van der Waals surface area contributed by atoms with E-state index in [1.54, 1.807) is 12.3 Å². The first-order chi connectivity index (χ1) is 9.70. The van der Waals surface area contributed by atoms with Crippen LogP contribution in [0.5, 0.6) is 0 Å². The second-order valence-corrected chi connectivity index (χ2v) is 4.66. The maximum Gasteiger partial charge on any atom is 0.319 e. The first kappa shape index (κ1) is 14.3. The van der Waals surface area contributed by atoms with Gasteiger partial charge in [-0.2, -0.15) is 0 Å². The number of rotatable bonds is 5. The van der Waals surface area contributed by atoms with Crippen molar-refractivity contribution in [1.82, 2.24) is 10.3 Å². The lowest BCUT2D eigenvalue weighted by Gasteiger charge is -2.12. The van der Waals surface area contributed by atoms with Gasteiger partial charge in [0.25, 0.3) is 0 Å². The fourth-order valence-corrected chi connectivity index (χ4v) is 2.02. The summed E-state index contributed by atoms with van der Waals surface area (Å²) in [4.78, 5) is 16.1. The Labute approximate surface area is 118 Å². The normalized spacial score (nSPS) is 12.1. The molecule has 1 heterocycles. The molecule has 3 N–H and O–H groups in total. The highest BCUT2D eigenvalue weighted by atomic mass is 16.3. The third-order valence-corrected chi connectivity index (χ3v) is 3.00. The standard InChI is InChI=1S/C15H19N3O2/c1-2-5-12(19)10-17-15(20)18-13-8-3-6-11-7-4-9-16-14(11)13/h3-4,6-9,12,19H,2,5,10H2,1H3,(H2,17,18,20).